The van der Waals surface area contributed by atoms with Crippen molar-refractivity contribution in [3.05, 3.63) is 52.6 Å². The van der Waals surface area contributed by atoms with Crippen molar-refractivity contribution >= 4 is 17.3 Å². The van der Waals surface area contributed by atoms with Crippen LogP contribution in [0.25, 0.3) is 0 Å². The van der Waals surface area contributed by atoms with E-state index in [1.54, 1.807) is 0 Å². The zero-order valence-electron chi connectivity index (χ0n) is 17.7. The van der Waals surface area contributed by atoms with E-state index in [1.807, 2.05) is 0 Å². The Kier molecular flexibility index (Phi) is 4.53. The lowest BCUT2D eigenvalue weighted by molar-refractivity contribution is -0.128. The zero-order chi connectivity index (χ0) is 20.2. The second-order valence-corrected chi connectivity index (χ2v) is 9.77. The number of allylic oxidation sites excluding steroid dienone is 4. The Hall–Kier alpha value is -2.16. The predicted molar refractivity (Wildman–Crippen MR) is 116 cm³/mol. The van der Waals surface area contributed by atoms with E-state index in [0.29, 0.717) is 36.2 Å². The van der Waals surface area contributed by atoms with E-state index in [9.17, 15) is 9.59 Å². The number of hydrogen-bond acceptors (Lipinski definition) is 3. The molecule has 0 N–H and O–H groups in total. The van der Waals surface area contributed by atoms with Crippen LogP contribution in [-0.4, -0.2) is 25.7 Å². The van der Waals surface area contributed by atoms with Gasteiger partial charge < -0.3 is 4.90 Å². The topological polar surface area (TPSA) is 37.4 Å². The molecule has 0 amide bonds. The van der Waals surface area contributed by atoms with E-state index in [4.69, 9.17) is 0 Å². The highest BCUT2D eigenvalue weighted by atomic mass is 16.1. The highest BCUT2D eigenvalue weighted by molar-refractivity contribution is 5.89. The number of hydrogen-bond donors (Lipinski definition) is 0. The van der Waals surface area contributed by atoms with Crippen molar-refractivity contribution in [2.45, 2.75) is 57.8 Å². The summed E-state index contributed by atoms with van der Waals surface area (Å²) in [4.78, 5) is 27.3. The Morgan fingerprint density at radius 2 is 1.93 bits per heavy atom. The number of rotatable bonds is 3. The van der Waals surface area contributed by atoms with Gasteiger partial charge in [0.1, 0.15) is 11.6 Å². The average Bonchev–Trinajstić information content (AvgIpc) is 3.04. The fourth-order valence-corrected chi connectivity index (χ4v) is 6.64. The fraction of sp³-hybridized carbons (Fsp3) is 0.538. The number of nitrogens with zero attached hydrogens (tertiary/aromatic N) is 1. The van der Waals surface area contributed by atoms with Crippen LogP contribution in [0.15, 0.2) is 47.1 Å². The summed E-state index contributed by atoms with van der Waals surface area (Å²) in [5.74, 6) is 1.86. The van der Waals surface area contributed by atoms with Crippen molar-refractivity contribution in [2.24, 2.45) is 17.3 Å². The molecule has 5 rings (SSSR count). The molecule has 0 aromatic heterocycles. The zero-order valence-corrected chi connectivity index (χ0v) is 17.7. The van der Waals surface area contributed by atoms with Gasteiger partial charge in [0.2, 0.25) is 0 Å². The van der Waals surface area contributed by atoms with Gasteiger partial charge in [-0.05, 0) is 79.2 Å². The monoisotopic (exact) mass is 389 g/mol. The lowest BCUT2D eigenvalue weighted by Gasteiger charge is -2.46. The van der Waals surface area contributed by atoms with E-state index >= 15 is 0 Å². The normalized spacial score (nSPS) is 31.2. The Labute approximate surface area is 173 Å². The number of carbonyl (C=O) groups is 2. The van der Waals surface area contributed by atoms with Crippen LogP contribution in [0.2, 0.25) is 0 Å². The van der Waals surface area contributed by atoms with Crippen molar-refractivity contribution in [1.29, 1.82) is 0 Å². The van der Waals surface area contributed by atoms with Gasteiger partial charge in [-0.15, -0.1) is 0 Å². The van der Waals surface area contributed by atoms with Crippen LogP contribution in [0.5, 0.6) is 0 Å². The van der Waals surface area contributed by atoms with Gasteiger partial charge in [-0.1, -0.05) is 23.8 Å². The van der Waals surface area contributed by atoms with E-state index < -0.39 is 0 Å². The van der Waals surface area contributed by atoms with Crippen LogP contribution in [0.1, 0.15) is 56.9 Å². The molecule has 4 aliphatic rings. The van der Waals surface area contributed by atoms with Crippen LogP contribution in [0, 0.1) is 17.3 Å². The average molecular weight is 390 g/mol. The van der Waals surface area contributed by atoms with Crippen molar-refractivity contribution in [3.63, 3.8) is 0 Å². The van der Waals surface area contributed by atoms with Crippen molar-refractivity contribution in [3.8, 4) is 0 Å². The highest BCUT2D eigenvalue weighted by Crippen LogP contribution is 2.58. The smallest absolute Gasteiger partial charge is 0.139 e. The first kappa shape index (κ1) is 18.8. The van der Waals surface area contributed by atoms with Crippen LogP contribution in [0.3, 0.4) is 0 Å². The highest BCUT2D eigenvalue weighted by Gasteiger charge is 2.55. The minimum atomic E-state index is -0.221. The van der Waals surface area contributed by atoms with Gasteiger partial charge in [0, 0.05) is 44.5 Å². The summed E-state index contributed by atoms with van der Waals surface area (Å²) in [5.41, 5.74) is 6.67. The number of ketones is 2. The summed E-state index contributed by atoms with van der Waals surface area (Å²) < 4.78 is 0. The number of carbonyl (C=O) groups excluding carboxylic acids is 2. The molecular weight excluding hydrogens is 358 g/mol. The lowest BCUT2D eigenvalue weighted by Crippen LogP contribution is -2.42. The van der Waals surface area contributed by atoms with E-state index in [-0.39, 0.29) is 5.41 Å². The first-order chi connectivity index (χ1) is 14.0. The number of Topliss-reactive ketones (excluding diaryl/α,β-unsaturated/α-hetero) is 2. The molecule has 1 fully saturated rings. The van der Waals surface area contributed by atoms with Crippen LogP contribution < -0.4 is 4.90 Å². The van der Waals surface area contributed by atoms with Gasteiger partial charge in [0.25, 0.3) is 0 Å². The summed E-state index contributed by atoms with van der Waals surface area (Å²) in [6.07, 6.45) is 10.4. The van der Waals surface area contributed by atoms with Crippen LogP contribution in [-0.2, 0) is 16.0 Å². The van der Waals surface area contributed by atoms with Gasteiger partial charge in [-0.25, -0.2) is 0 Å². The molecule has 1 aromatic carbocycles. The Morgan fingerprint density at radius 3 is 2.76 bits per heavy atom. The van der Waals surface area contributed by atoms with Crippen molar-refractivity contribution < 1.29 is 9.59 Å². The molecular formula is C26H31NO2. The summed E-state index contributed by atoms with van der Waals surface area (Å²) in [7, 11) is 4.14. The third kappa shape index (κ3) is 3.01. The predicted octanol–water partition coefficient (Wildman–Crippen LogP) is 5.05. The maximum atomic E-state index is 13.3. The molecule has 152 valence electrons. The van der Waals surface area contributed by atoms with E-state index in [2.05, 4.69) is 49.3 Å². The minimum Gasteiger partial charge on any atom is -0.378 e. The molecule has 0 aliphatic heterocycles. The summed E-state index contributed by atoms with van der Waals surface area (Å²) in [6, 6.07) is 8.70. The molecule has 4 aliphatic carbocycles. The molecule has 0 heterocycles. The third-order valence-corrected chi connectivity index (χ3v) is 8.06. The maximum Gasteiger partial charge on any atom is 0.139 e. The Bertz CT molecular complexity index is 938. The van der Waals surface area contributed by atoms with Crippen LogP contribution in [0.4, 0.5) is 5.69 Å². The van der Waals surface area contributed by atoms with Crippen molar-refractivity contribution in [1.82, 2.24) is 0 Å². The first-order valence-corrected chi connectivity index (χ1v) is 11.2. The molecule has 0 bridgehead atoms. The molecule has 3 nitrogen and oxygen atoms in total. The van der Waals surface area contributed by atoms with E-state index in [1.165, 1.54) is 28.0 Å². The molecule has 3 heteroatoms. The molecule has 0 spiro atoms. The number of benzene rings is 1. The quantitative estimate of drug-likeness (QED) is 0.726. The second kappa shape index (κ2) is 6.97. The maximum absolute atomic E-state index is 13.3. The second-order valence-electron chi connectivity index (χ2n) is 9.77. The Balaban J connectivity index is 1.50. The van der Waals surface area contributed by atoms with Gasteiger partial charge in [0.15, 0.2) is 0 Å². The summed E-state index contributed by atoms with van der Waals surface area (Å²) in [6.45, 7) is 0. The number of fused-ring (bicyclic) bond motifs is 4. The molecule has 3 atom stereocenters. The largest absolute Gasteiger partial charge is 0.378 e. The molecule has 0 radical (unpaired) electrons. The number of anilines is 1. The molecule has 1 saturated carbocycles. The van der Waals surface area contributed by atoms with Gasteiger partial charge in [-0.2, -0.15) is 0 Å². The SMILES string of the molecule is CN(C)c1cccc(C[C@]23CC=C4C5=C(CC[C@H]4[C@@H]2CCC3=O)CC(=O)CC5)c1. The van der Waals surface area contributed by atoms with Gasteiger partial charge in [-0.3, -0.25) is 9.59 Å². The lowest BCUT2D eigenvalue weighted by atomic mass is 9.57. The summed E-state index contributed by atoms with van der Waals surface area (Å²) in [5, 5.41) is 0. The van der Waals surface area contributed by atoms with Crippen LogP contribution >= 0.6 is 0 Å². The minimum absolute atomic E-state index is 0.221. The van der Waals surface area contributed by atoms with Crippen molar-refractivity contribution in [2.75, 3.05) is 19.0 Å². The molecule has 1 aromatic rings. The molecule has 0 unspecified atom stereocenters. The molecule has 0 saturated heterocycles. The molecule has 29 heavy (non-hydrogen) atoms. The Morgan fingerprint density at radius 1 is 1.07 bits per heavy atom. The fourth-order valence-electron chi connectivity index (χ4n) is 6.64. The van der Waals surface area contributed by atoms with Gasteiger partial charge in [0.05, 0.1) is 0 Å². The standard InChI is InChI=1S/C26H31NO2/c1-27(2)19-5-3-4-17(14-19)16-26-13-12-22-21-9-7-20(28)15-18(21)6-8-23(22)24(26)10-11-25(26)29/h3-5,12,14,23-24H,6-11,13,15-16H2,1-2H3/t23-,24+,26-/m1/s1. The van der Waals surface area contributed by atoms with E-state index in [0.717, 1.165) is 44.9 Å². The third-order valence-electron chi connectivity index (χ3n) is 8.06. The van der Waals surface area contributed by atoms with Gasteiger partial charge >= 0.3 is 0 Å². The first-order valence-electron chi connectivity index (χ1n) is 11.2. The summed E-state index contributed by atoms with van der Waals surface area (Å²) >= 11 is 0.